The fraction of sp³-hybridized carbons (Fsp3) is 0.136. The van der Waals surface area contributed by atoms with Crippen LogP contribution in [0.5, 0.6) is 17.2 Å². The summed E-state index contributed by atoms with van der Waals surface area (Å²) >= 11 is 1.27. The molecular formula is C22H19N3O4S. The van der Waals surface area contributed by atoms with Crippen LogP contribution in [0.15, 0.2) is 47.3 Å². The second kappa shape index (κ2) is 8.38. The third-order valence-electron chi connectivity index (χ3n) is 4.41. The molecule has 4 aromatic rings. The van der Waals surface area contributed by atoms with Gasteiger partial charge in [-0.25, -0.2) is 0 Å². The molecule has 0 saturated heterocycles. The second-order valence-corrected chi connectivity index (χ2v) is 7.29. The number of methoxy groups -OCH3 is 3. The lowest BCUT2D eigenvalue weighted by Crippen LogP contribution is -2.23. The molecule has 0 fully saturated rings. The van der Waals surface area contributed by atoms with E-state index in [9.17, 15) is 4.79 Å². The number of nitrogens with zero attached hydrogens (tertiary/aromatic N) is 3. The van der Waals surface area contributed by atoms with Gasteiger partial charge in [0, 0.05) is 0 Å². The first kappa shape index (κ1) is 19.7. The Balaban J connectivity index is 1.71. The van der Waals surface area contributed by atoms with Crippen molar-refractivity contribution in [3.63, 3.8) is 0 Å². The summed E-state index contributed by atoms with van der Waals surface area (Å²) < 4.78 is 17.9. The van der Waals surface area contributed by atoms with Crippen molar-refractivity contribution in [2.45, 2.75) is 0 Å². The summed E-state index contributed by atoms with van der Waals surface area (Å²) in [5, 5.41) is 4.31. The van der Waals surface area contributed by atoms with Crippen LogP contribution in [0.25, 0.3) is 23.2 Å². The van der Waals surface area contributed by atoms with E-state index in [-0.39, 0.29) is 5.56 Å². The smallest absolute Gasteiger partial charge is 0.291 e. The molecule has 0 spiro atoms. The second-order valence-electron chi connectivity index (χ2n) is 6.28. The van der Waals surface area contributed by atoms with Crippen LogP contribution in [0, 0.1) is 0 Å². The van der Waals surface area contributed by atoms with Gasteiger partial charge in [0.2, 0.25) is 10.7 Å². The molecule has 0 amide bonds. The Bertz CT molecular complexity index is 1300. The number of hydrogen-bond donors (Lipinski definition) is 0. The van der Waals surface area contributed by atoms with Crippen molar-refractivity contribution in [2.75, 3.05) is 21.3 Å². The average Bonchev–Trinajstić information content (AvgIpc) is 3.30. The number of thiazole rings is 1. The molecule has 8 heteroatoms. The first-order valence-corrected chi connectivity index (χ1v) is 9.89. The number of fused-ring (bicyclic) bond motifs is 1. The highest BCUT2D eigenvalue weighted by molar-refractivity contribution is 7.15. The molecule has 0 aliphatic rings. The van der Waals surface area contributed by atoms with Crippen LogP contribution in [0.2, 0.25) is 0 Å². The molecule has 0 saturated carbocycles. The zero-order valence-electron chi connectivity index (χ0n) is 16.7. The van der Waals surface area contributed by atoms with Crippen molar-refractivity contribution in [1.29, 1.82) is 0 Å². The number of hydrogen-bond acceptors (Lipinski definition) is 7. The van der Waals surface area contributed by atoms with Crippen molar-refractivity contribution >= 4 is 34.5 Å². The summed E-state index contributed by atoms with van der Waals surface area (Å²) in [5.41, 5.74) is 1.56. The van der Waals surface area contributed by atoms with E-state index in [0.29, 0.717) is 32.6 Å². The molecule has 152 valence electrons. The topological polar surface area (TPSA) is 75.0 Å². The summed E-state index contributed by atoms with van der Waals surface area (Å²) in [5.74, 6) is 2.02. The third kappa shape index (κ3) is 3.77. The zero-order valence-corrected chi connectivity index (χ0v) is 17.5. The lowest BCUT2D eigenvalue weighted by atomic mass is 10.1. The van der Waals surface area contributed by atoms with Crippen LogP contribution in [0.4, 0.5) is 0 Å². The fourth-order valence-corrected chi connectivity index (χ4v) is 3.91. The number of rotatable bonds is 6. The van der Waals surface area contributed by atoms with Gasteiger partial charge in [0.15, 0.2) is 17.3 Å². The molecule has 2 heterocycles. The minimum absolute atomic E-state index is 0.226. The van der Waals surface area contributed by atoms with E-state index in [1.807, 2.05) is 36.4 Å². The standard InChI is InChI=1S/C22H19N3O4S/c1-27-16-11-15(12-17(28-2)20(16)29-3)13-18-21(26)25-22(30-18)23-19(24-25)10-9-14-7-5-4-6-8-14/h4-13H,1-3H3/b10-9+,18-13+. The molecule has 4 rings (SSSR count). The van der Waals surface area contributed by atoms with Crippen molar-refractivity contribution in [3.8, 4) is 17.2 Å². The summed E-state index contributed by atoms with van der Waals surface area (Å²) in [6.45, 7) is 0. The summed E-state index contributed by atoms with van der Waals surface area (Å²) in [6, 6.07) is 13.4. The van der Waals surface area contributed by atoms with Crippen LogP contribution < -0.4 is 24.3 Å². The molecule has 2 aromatic heterocycles. The van der Waals surface area contributed by atoms with E-state index in [1.165, 1.54) is 15.9 Å². The molecule has 0 N–H and O–H groups in total. The van der Waals surface area contributed by atoms with Crippen LogP contribution in [0.1, 0.15) is 17.0 Å². The molecule has 7 nitrogen and oxygen atoms in total. The predicted molar refractivity (Wildman–Crippen MR) is 117 cm³/mol. The fourth-order valence-electron chi connectivity index (χ4n) is 2.99. The summed E-state index contributed by atoms with van der Waals surface area (Å²) in [7, 11) is 4.64. The van der Waals surface area contributed by atoms with Crippen LogP contribution >= 0.6 is 11.3 Å². The Morgan fingerprint density at radius 1 is 0.933 bits per heavy atom. The summed E-state index contributed by atoms with van der Waals surface area (Å²) in [6.07, 6.45) is 5.46. The van der Waals surface area contributed by atoms with Gasteiger partial charge in [-0.05, 0) is 35.4 Å². The summed E-state index contributed by atoms with van der Waals surface area (Å²) in [4.78, 5) is 17.8. The van der Waals surface area contributed by atoms with Crippen LogP contribution in [-0.4, -0.2) is 35.9 Å². The number of ether oxygens (including phenoxy) is 3. The molecule has 0 unspecified atom stereocenters. The molecule has 0 aliphatic carbocycles. The largest absolute Gasteiger partial charge is 0.493 e. The molecule has 0 atom stereocenters. The average molecular weight is 421 g/mol. The van der Waals surface area contributed by atoms with E-state index >= 15 is 0 Å². The maximum absolute atomic E-state index is 12.8. The highest BCUT2D eigenvalue weighted by Gasteiger charge is 2.13. The molecule has 0 radical (unpaired) electrons. The van der Waals surface area contributed by atoms with Crippen molar-refractivity contribution in [1.82, 2.24) is 14.6 Å². The SMILES string of the molecule is COc1cc(/C=c2/sc3nc(/C=C/c4ccccc4)nn3c2=O)cc(OC)c1OC. The lowest BCUT2D eigenvalue weighted by Gasteiger charge is -2.12. The quantitative estimate of drug-likeness (QED) is 0.477. The van der Waals surface area contributed by atoms with E-state index < -0.39 is 0 Å². The Hall–Kier alpha value is -3.65. The Labute approximate surface area is 176 Å². The minimum Gasteiger partial charge on any atom is -0.493 e. The number of aromatic nitrogens is 3. The van der Waals surface area contributed by atoms with Crippen molar-refractivity contribution in [3.05, 3.63) is 74.3 Å². The Morgan fingerprint density at radius 2 is 1.63 bits per heavy atom. The number of benzene rings is 2. The van der Waals surface area contributed by atoms with E-state index in [4.69, 9.17) is 14.2 Å². The van der Waals surface area contributed by atoms with Gasteiger partial charge in [-0.1, -0.05) is 47.7 Å². The zero-order chi connectivity index (χ0) is 21.1. The highest BCUT2D eigenvalue weighted by Crippen LogP contribution is 2.38. The van der Waals surface area contributed by atoms with Crippen LogP contribution in [-0.2, 0) is 0 Å². The van der Waals surface area contributed by atoms with E-state index in [0.717, 1.165) is 11.1 Å². The first-order chi connectivity index (χ1) is 14.6. The predicted octanol–water partition coefficient (Wildman–Crippen LogP) is 2.89. The van der Waals surface area contributed by atoms with Gasteiger partial charge in [-0.2, -0.15) is 9.50 Å². The third-order valence-corrected chi connectivity index (χ3v) is 5.37. The Morgan fingerprint density at radius 3 is 2.23 bits per heavy atom. The molecular weight excluding hydrogens is 402 g/mol. The van der Waals surface area contributed by atoms with Gasteiger partial charge in [0.05, 0.1) is 25.9 Å². The van der Waals surface area contributed by atoms with E-state index in [2.05, 4.69) is 10.1 Å². The van der Waals surface area contributed by atoms with E-state index in [1.54, 1.807) is 45.6 Å². The lowest BCUT2D eigenvalue weighted by molar-refractivity contribution is 0.324. The van der Waals surface area contributed by atoms with Crippen molar-refractivity contribution in [2.24, 2.45) is 0 Å². The van der Waals surface area contributed by atoms with Gasteiger partial charge in [0.1, 0.15) is 0 Å². The highest BCUT2D eigenvalue weighted by atomic mass is 32.1. The monoisotopic (exact) mass is 421 g/mol. The maximum Gasteiger partial charge on any atom is 0.291 e. The molecule has 30 heavy (non-hydrogen) atoms. The first-order valence-electron chi connectivity index (χ1n) is 9.07. The van der Waals surface area contributed by atoms with Gasteiger partial charge < -0.3 is 14.2 Å². The molecule has 0 aliphatic heterocycles. The molecule has 2 aromatic carbocycles. The van der Waals surface area contributed by atoms with Gasteiger partial charge >= 0.3 is 0 Å². The van der Waals surface area contributed by atoms with Crippen LogP contribution in [0.3, 0.4) is 0 Å². The Kier molecular flexibility index (Phi) is 5.49. The van der Waals surface area contributed by atoms with Gasteiger partial charge in [-0.3, -0.25) is 4.79 Å². The molecule has 0 bridgehead atoms. The van der Waals surface area contributed by atoms with Gasteiger partial charge in [0.25, 0.3) is 5.56 Å². The maximum atomic E-state index is 12.8. The van der Waals surface area contributed by atoms with Crippen molar-refractivity contribution < 1.29 is 14.2 Å². The normalized spacial score (nSPS) is 12.0. The van der Waals surface area contributed by atoms with Gasteiger partial charge in [-0.15, -0.1) is 5.10 Å². The minimum atomic E-state index is -0.226.